The summed E-state index contributed by atoms with van der Waals surface area (Å²) in [6, 6.07) is 10.3. The third-order valence-corrected chi connectivity index (χ3v) is 3.61. The molecule has 0 atom stereocenters. The summed E-state index contributed by atoms with van der Waals surface area (Å²) in [7, 11) is 1.54. The third-order valence-electron chi connectivity index (χ3n) is 3.61. The molecule has 2 aromatic carbocycles. The van der Waals surface area contributed by atoms with E-state index in [1.54, 1.807) is 31.4 Å². The van der Waals surface area contributed by atoms with Crippen LogP contribution in [0.1, 0.15) is 12.5 Å². The van der Waals surface area contributed by atoms with Crippen molar-refractivity contribution in [1.82, 2.24) is 4.98 Å². The van der Waals surface area contributed by atoms with Crippen LogP contribution in [-0.4, -0.2) is 24.6 Å². The van der Waals surface area contributed by atoms with E-state index < -0.39 is 5.76 Å². The van der Waals surface area contributed by atoms with Gasteiger partial charge in [-0.05, 0) is 42.8 Å². The Bertz CT molecular complexity index is 1020. The molecular formula is C19H18N2O5. The van der Waals surface area contributed by atoms with E-state index >= 15 is 0 Å². The molecule has 1 aromatic heterocycles. The first-order valence-electron chi connectivity index (χ1n) is 7.95. The predicted octanol–water partition coefficient (Wildman–Crippen LogP) is 3.18. The van der Waals surface area contributed by atoms with Gasteiger partial charge in [0.1, 0.15) is 0 Å². The predicted molar refractivity (Wildman–Crippen MR) is 98.7 cm³/mol. The van der Waals surface area contributed by atoms with Crippen molar-refractivity contribution < 1.29 is 18.7 Å². The first-order valence-corrected chi connectivity index (χ1v) is 7.95. The Hall–Kier alpha value is -3.48. The van der Waals surface area contributed by atoms with Gasteiger partial charge in [0.05, 0.1) is 12.6 Å². The van der Waals surface area contributed by atoms with Crippen LogP contribution in [-0.2, 0) is 4.79 Å². The lowest BCUT2D eigenvalue weighted by Gasteiger charge is -2.11. The van der Waals surface area contributed by atoms with E-state index in [1.165, 1.54) is 0 Å². The van der Waals surface area contributed by atoms with Crippen LogP contribution in [0, 0.1) is 0 Å². The van der Waals surface area contributed by atoms with Gasteiger partial charge in [0.2, 0.25) is 0 Å². The molecule has 2 N–H and O–H groups in total. The molecule has 134 valence electrons. The molecule has 7 nitrogen and oxygen atoms in total. The van der Waals surface area contributed by atoms with Crippen molar-refractivity contribution in [2.45, 2.75) is 6.92 Å². The van der Waals surface area contributed by atoms with Crippen molar-refractivity contribution in [3.63, 3.8) is 0 Å². The average Bonchev–Trinajstić information content (AvgIpc) is 3.00. The number of methoxy groups -OCH3 is 1. The summed E-state index contributed by atoms with van der Waals surface area (Å²) in [4.78, 5) is 25.8. The number of rotatable bonds is 6. The minimum atomic E-state index is -0.541. The quantitative estimate of drug-likeness (QED) is 0.709. The molecule has 0 fully saturated rings. The maximum atomic E-state index is 12.1. The number of allylic oxidation sites excluding steroid dienone is 1. The van der Waals surface area contributed by atoms with Gasteiger partial charge in [0.25, 0.3) is 5.91 Å². The Balaban J connectivity index is 1.65. The van der Waals surface area contributed by atoms with Crippen LogP contribution in [0.5, 0.6) is 11.5 Å². The molecular weight excluding hydrogens is 336 g/mol. The Morgan fingerprint density at radius 2 is 2.08 bits per heavy atom. The number of aromatic nitrogens is 1. The van der Waals surface area contributed by atoms with Crippen LogP contribution in [0.3, 0.4) is 0 Å². The molecule has 1 heterocycles. The van der Waals surface area contributed by atoms with Gasteiger partial charge in [-0.2, -0.15) is 0 Å². The minimum Gasteiger partial charge on any atom is -0.493 e. The minimum absolute atomic E-state index is 0.181. The molecule has 0 bridgehead atoms. The Labute approximate surface area is 149 Å². The summed E-state index contributed by atoms with van der Waals surface area (Å²) in [5, 5.41) is 2.70. The van der Waals surface area contributed by atoms with Crippen molar-refractivity contribution in [2.24, 2.45) is 0 Å². The molecule has 0 aliphatic carbocycles. The zero-order chi connectivity index (χ0) is 18.5. The number of carbonyl (C=O) groups is 1. The molecule has 3 rings (SSSR count). The maximum Gasteiger partial charge on any atom is 0.417 e. The van der Waals surface area contributed by atoms with E-state index in [-0.39, 0.29) is 12.5 Å². The van der Waals surface area contributed by atoms with E-state index in [9.17, 15) is 9.59 Å². The molecule has 0 unspecified atom stereocenters. The lowest BCUT2D eigenvalue weighted by Crippen LogP contribution is -2.20. The number of hydrogen-bond acceptors (Lipinski definition) is 5. The number of H-pyrrole nitrogens is 1. The number of amides is 1. The molecule has 0 saturated heterocycles. The summed E-state index contributed by atoms with van der Waals surface area (Å²) >= 11 is 0. The lowest BCUT2D eigenvalue weighted by molar-refractivity contribution is -0.118. The van der Waals surface area contributed by atoms with Gasteiger partial charge in [-0.15, -0.1) is 0 Å². The lowest BCUT2D eigenvalue weighted by atomic mass is 10.2. The number of benzene rings is 2. The van der Waals surface area contributed by atoms with E-state index in [0.29, 0.717) is 28.3 Å². The maximum absolute atomic E-state index is 12.1. The molecule has 3 aromatic rings. The van der Waals surface area contributed by atoms with E-state index in [2.05, 4.69) is 10.3 Å². The van der Waals surface area contributed by atoms with Gasteiger partial charge in [0, 0.05) is 5.69 Å². The normalized spacial score (nSPS) is 11.0. The summed E-state index contributed by atoms with van der Waals surface area (Å²) < 4.78 is 15.8. The fraction of sp³-hybridized carbons (Fsp3) is 0.158. The SMILES string of the molecule is C/C=C/c1ccc(OCC(=O)Nc2ccc3oc(=O)[nH]c3c2)c(OC)c1. The molecule has 26 heavy (non-hydrogen) atoms. The van der Waals surface area contributed by atoms with Crippen molar-refractivity contribution in [3.8, 4) is 11.5 Å². The highest BCUT2D eigenvalue weighted by Crippen LogP contribution is 2.28. The van der Waals surface area contributed by atoms with Crippen LogP contribution in [0.25, 0.3) is 17.2 Å². The van der Waals surface area contributed by atoms with Crippen molar-refractivity contribution >= 4 is 28.8 Å². The zero-order valence-corrected chi connectivity index (χ0v) is 14.4. The zero-order valence-electron chi connectivity index (χ0n) is 14.4. The number of hydrogen-bond donors (Lipinski definition) is 2. The van der Waals surface area contributed by atoms with Gasteiger partial charge in [-0.3, -0.25) is 9.78 Å². The van der Waals surface area contributed by atoms with E-state index in [4.69, 9.17) is 13.9 Å². The summed E-state index contributed by atoms with van der Waals surface area (Å²) in [6.07, 6.45) is 3.86. The van der Waals surface area contributed by atoms with Crippen molar-refractivity contribution in [2.75, 3.05) is 19.0 Å². The molecule has 7 heteroatoms. The summed E-state index contributed by atoms with van der Waals surface area (Å²) in [5.74, 6) is 0.145. The second-order valence-corrected chi connectivity index (χ2v) is 5.47. The molecule has 0 saturated carbocycles. The standard InChI is InChI=1S/C19H18N2O5/c1-3-4-12-5-7-16(17(9-12)24-2)25-11-18(22)20-13-6-8-15-14(10-13)21-19(23)26-15/h3-10H,11H2,1-2H3,(H,20,22)(H,21,23)/b4-3+. The monoisotopic (exact) mass is 354 g/mol. The number of fused-ring (bicyclic) bond motifs is 1. The molecule has 0 spiro atoms. The fourth-order valence-electron chi connectivity index (χ4n) is 2.47. The highest BCUT2D eigenvalue weighted by Gasteiger charge is 2.09. The Morgan fingerprint density at radius 1 is 1.23 bits per heavy atom. The van der Waals surface area contributed by atoms with Crippen LogP contribution in [0.4, 0.5) is 5.69 Å². The summed E-state index contributed by atoms with van der Waals surface area (Å²) in [5.41, 5.74) is 2.44. The highest BCUT2D eigenvalue weighted by atomic mass is 16.5. The van der Waals surface area contributed by atoms with Crippen LogP contribution >= 0.6 is 0 Å². The number of nitrogens with one attached hydrogen (secondary N) is 2. The molecule has 0 radical (unpaired) electrons. The van der Waals surface area contributed by atoms with Gasteiger partial charge in [-0.1, -0.05) is 18.2 Å². The fourth-order valence-corrected chi connectivity index (χ4v) is 2.47. The van der Waals surface area contributed by atoms with Crippen LogP contribution < -0.4 is 20.5 Å². The van der Waals surface area contributed by atoms with Crippen molar-refractivity contribution in [1.29, 1.82) is 0 Å². The van der Waals surface area contributed by atoms with Gasteiger partial charge in [0.15, 0.2) is 23.7 Å². The first kappa shape index (κ1) is 17.3. The largest absolute Gasteiger partial charge is 0.493 e. The molecule has 0 aliphatic rings. The first-order chi connectivity index (χ1) is 12.6. The van der Waals surface area contributed by atoms with Gasteiger partial charge >= 0.3 is 5.76 Å². The Morgan fingerprint density at radius 3 is 2.85 bits per heavy atom. The second kappa shape index (κ2) is 7.60. The number of oxazole rings is 1. The van der Waals surface area contributed by atoms with E-state index in [0.717, 1.165) is 5.56 Å². The third kappa shape index (κ3) is 3.94. The topological polar surface area (TPSA) is 93.6 Å². The van der Waals surface area contributed by atoms with Crippen LogP contribution in [0.2, 0.25) is 0 Å². The highest BCUT2D eigenvalue weighted by molar-refractivity contribution is 5.93. The smallest absolute Gasteiger partial charge is 0.417 e. The van der Waals surface area contributed by atoms with Crippen LogP contribution in [0.15, 0.2) is 51.7 Å². The summed E-state index contributed by atoms with van der Waals surface area (Å²) in [6.45, 7) is 1.75. The second-order valence-electron chi connectivity index (χ2n) is 5.47. The van der Waals surface area contributed by atoms with Gasteiger partial charge in [-0.25, -0.2) is 4.79 Å². The number of anilines is 1. The average molecular weight is 354 g/mol. The Kier molecular flexibility index (Phi) is 5.07. The number of aromatic amines is 1. The van der Waals surface area contributed by atoms with Gasteiger partial charge < -0.3 is 19.2 Å². The number of carbonyl (C=O) groups excluding carboxylic acids is 1. The van der Waals surface area contributed by atoms with E-state index in [1.807, 2.05) is 31.2 Å². The van der Waals surface area contributed by atoms with Crippen molar-refractivity contribution in [3.05, 3.63) is 58.6 Å². The molecule has 0 aliphatic heterocycles. The number of ether oxygens (including phenoxy) is 2. The molecule has 1 amide bonds.